The fourth-order valence-electron chi connectivity index (χ4n) is 3.70. The summed E-state index contributed by atoms with van der Waals surface area (Å²) in [6, 6.07) is 23.0. The normalized spacial score (nSPS) is 19.2. The molecular formula is C22H16BrN3OS. The summed E-state index contributed by atoms with van der Waals surface area (Å²) >= 11 is 4.95. The second-order valence-electron chi connectivity index (χ2n) is 6.76. The highest BCUT2D eigenvalue weighted by atomic mass is 79.9. The van der Waals surface area contributed by atoms with Gasteiger partial charge in [-0.1, -0.05) is 82.3 Å². The van der Waals surface area contributed by atoms with Crippen LogP contribution in [0.15, 0.2) is 81.3 Å². The minimum Gasteiger partial charge on any atom is -0.272 e. The summed E-state index contributed by atoms with van der Waals surface area (Å²) in [5.41, 5.74) is 3.30. The van der Waals surface area contributed by atoms with Gasteiger partial charge in [0.05, 0.1) is 17.5 Å². The number of benzene rings is 3. The fraction of sp³-hybridized carbons (Fsp3) is 0.136. The molecule has 2 aliphatic rings. The summed E-state index contributed by atoms with van der Waals surface area (Å²) in [5, 5.41) is 9.94. The Bertz CT molecular complexity index is 1130. The van der Waals surface area contributed by atoms with Gasteiger partial charge in [-0.05, 0) is 34.0 Å². The molecule has 1 amide bonds. The Kier molecular flexibility index (Phi) is 4.53. The molecule has 28 heavy (non-hydrogen) atoms. The highest BCUT2D eigenvalue weighted by Gasteiger charge is 2.35. The van der Waals surface area contributed by atoms with Crippen LogP contribution in [0.2, 0.25) is 0 Å². The molecule has 0 N–H and O–H groups in total. The van der Waals surface area contributed by atoms with Crippen LogP contribution in [-0.4, -0.2) is 27.5 Å². The van der Waals surface area contributed by atoms with E-state index in [9.17, 15) is 4.79 Å². The summed E-state index contributed by atoms with van der Waals surface area (Å²) in [6.07, 6.45) is 0.767. The Balaban J connectivity index is 1.61. The Hall–Kier alpha value is -2.44. The number of thioether (sulfide) groups is 1. The number of rotatable bonds is 2. The zero-order valence-corrected chi connectivity index (χ0v) is 17.3. The highest BCUT2D eigenvalue weighted by Crippen LogP contribution is 2.39. The van der Waals surface area contributed by atoms with Gasteiger partial charge in [0, 0.05) is 10.9 Å². The smallest absolute Gasteiger partial charge is 0.258 e. The van der Waals surface area contributed by atoms with Crippen molar-refractivity contribution in [3.63, 3.8) is 0 Å². The number of hydrogen-bond acceptors (Lipinski definition) is 4. The number of nitrogens with zero attached hydrogens (tertiary/aromatic N) is 3. The van der Waals surface area contributed by atoms with Crippen LogP contribution >= 0.6 is 27.7 Å². The molecular weight excluding hydrogens is 434 g/mol. The van der Waals surface area contributed by atoms with Crippen LogP contribution in [0.4, 0.5) is 0 Å². The molecule has 0 saturated carbocycles. The topological polar surface area (TPSA) is 45.0 Å². The molecule has 4 nitrogen and oxygen atoms in total. The van der Waals surface area contributed by atoms with Gasteiger partial charge in [0.25, 0.3) is 5.91 Å². The summed E-state index contributed by atoms with van der Waals surface area (Å²) in [5.74, 6) is 0.293. The molecule has 5 rings (SSSR count). The number of fused-ring (bicyclic) bond motifs is 1. The summed E-state index contributed by atoms with van der Waals surface area (Å²) in [4.78, 5) is 16.0. The van der Waals surface area contributed by atoms with E-state index in [1.54, 1.807) is 0 Å². The maximum absolute atomic E-state index is 11.8. The van der Waals surface area contributed by atoms with Crippen molar-refractivity contribution in [2.24, 2.45) is 10.1 Å². The lowest BCUT2D eigenvalue weighted by Gasteiger charge is -2.24. The van der Waals surface area contributed by atoms with E-state index in [4.69, 9.17) is 5.10 Å². The molecule has 0 saturated heterocycles. The van der Waals surface area contributed by atoms with Gasteiger partial charge in [-0.15, -0.1) is 0 Å². The number of carbonyl (C=O) groups excluding carboxylic acids is 1. The minimum atomic E-state index is -0.0936. The van der Waals surface area contributed by atoms with E-state index in [1.807, 2.05) is 17.1 Å². The fourth-order valence-corrected chi connectivity index (χ4v) is 4.75. The van der Waals surface area contributed by atoms with E-state index in [-0.39, 0.29) is 11.9 Å². The molecule has 3 aromatic carbocycles. The van der Waals surface area contributed by atoms with Crippen molar-refractivity contribution in [2.75, 3.05) is 5.75 Å². The molecule has 138 valence electrons. The molecule has 0 spiro atoms. The van der Waals surface area contributed by atoms with Crippen molar-refractivity contribution in [3.8, 4) is 0 Å². The third-order valence-corrected chi connectivity index (χ3v) is 6.47. The van der Waals surface area contributed by atoms with E-state index in [0.717, 1.165) is 22.2 Å². The van der Waals surface area contributed by atoms with E-state index in [2.05, 4.69) is 75.5 Å². The molecule has 6 heteroatoms. The van der Waals surface area contributed by atoms with Crippen molar-refractivity contribution in [1.29, 1.82) is 0 Å². The first-order valence-corrected chi connectivity index (χ1v) is 10.8. The van der Waals surface area contributed by atoms with Gasteiger partial charge in [0.2, 0.25) is 0 Å². The average molecular weight is 450 g/mol. The Morgan fingerprint density at radius 3 is 2.57 bits per heavy atom. The SMILES string of the molecule is O=C1CSC(N2N=C(c3ccc(Br)cc3)CC2c2cccc3ccccc23)=N1. The predicted octanol–water partition coefficient (Wildman–Crippen LogP) is 5.38. The first-order chi connectivity index (χ1) is 13.7. The molecule has 2 aliphatic heterocycles. The van der Waals surface area contributed by atoms with Crippen molar-refractivity contribution < 1.29 is 4.79 Å². The minimum absolute atomic E-state index is 0.0156. The van der Waals surface area contributed by atoms with Gasteiger partial charge >= 0.3 is 0 Å². The third kappa shape index (κ3) is 3.16. The highest BCUT2D eigenvalue weighted by molar-refractivity contribution is 9.10. The summed E-state index contributed by atoms with van der Waals surface area (Å²) in [6.45, 7) is 0. The molecule has 2 heterocycles. The van der Waals surface area contributed by atoms with Crippen LogP contribution in [-0.2, 0) is 4.79 Å². The average Bonchev–Trinajstić information content (AvgIpc) is 3.34. The predicted molar refractivity (Wildman–Crippen MR) is 119 cm³/mol. The van der Waals surface area contributed by atoms with Crippen LogP contribution in [0.3, 0.4) is 0 Å². The molecule has 0 radical (unpaired) electrons. The molecule has 1 unspecified atom stereocenters. The lowest BCUT2D eigenvalue weighted by molar-refractivity contribution is -0.115. The van der Waals surface area contributed by atoms with Crippen LogP contribution < -0.4 is 0 Å². The van der Waals surface area contributed by atoms with E-state index >= 15 is 0 Å². The first kappa shape index (κ1) is 17.6. The van der Waals surface area contributed by atoms with Crippen molar-refractivity contribution in [3.05, 3.63) is 82.3 Å². The van der Waals surface area contributed by atoms with Crippen molar-refractivity contribution in [1.82, 2.24) is 5.01 Å². The van der Waals surface area contributed by atoms with Crippen LogP contribution in [0.1, 0.15) is 23.6 Å². The second-order valence-corrected chi connectivity index (χ2v) is 8.62. The van der Waals surface area contributed by atoms with Gasteiger partial charge < -0.3 is 0 Å². The zero-order chi connectivity index (χ0) is 19.1. The van der Waals surface area contributed by atoms with Gasteiger partial charge in [0.15, 0.2) is 5.17 Å². The molecule has 0 fully saturated rings. The maximum atomic E-state index is 11.8. The van der Waals surface area contributed by atoms with Gasteiger partial charge in [-0.25, -0.2) is 5.01 Å². The molecule has 0 aromatic heterocycles. The maximum Gasteiger partial charge on any atom is 0.258 e. The standard InChI is InChI=1S/C22H16BrN3OS/c23-16-10-8-15(9-11-16)19-12-20(26(25-19)22-24-21(27)13-28-22)18-7-3-5-14-4-1-2-6-17(14)18/h1-11,20H,12-13H2. The van der Waals surface area contributed by atoms with Crippen LogP contribution in [0, 0.1) is 0 Å². The van der Waals surface area contributed by atoms with Crippen molar-refractivity contribution >= 4 is 55.3 Å². The summed E-state index contributed by atoms with van der Waals surface area (Å²) < 4.78 is 1.04. The number of amides is 1. The Labute approximate surface area is 175 Å². The number of halogens is 1. The molecule has 0 bridgehead atoms. The molecule has 1 atom stereocenters. The largest absolute Gasteiger partial charge is 0.272 e. The molecule has 3 aromatic rings. The second kappa shape index (κ2) is 7.18. The quantitative estimate of drug-likeness (QED) is 0.527. The molecule has 0 aliphatic carbocycles. The first-order valence-electron chi connectivity index (χ1n) is 9.04. The van der Waals surface area contributed by atoms with E-state index in [0.29, 0.717) is 10.9 Å². The van der Waals surface area contributed by atoms with Gasteiger partial charge in [0.1, 0.15) is 0 Å². The van der Waals surface area contributed by atoms with E-state index in [1.165, 1.54) is 28.1 Å². The van der Waals surface area contributed by atoms with Crippen molar-refractivity contribution in [2.45, 2.75) is 12.5 Å². The van der Waals surface area contributed by atoms with Crippen LogP contribution in [0.25, 0.3) is 10.8 Å². The van der Waals surface area contributed by atoms with Gasteiger partial charge in [-0.3, -0.25) is 4.79 Å². The number of carbonyl (C=O) groups is 1. The zero-order valence-electron chi connectivity index (χ0n) is 14.9. The Morgan fingerprint density at radius 1 is 1.00 bits per heavy atom. The summed E-state index contributed by atoms with van der Waals surface area (Å²) in [7, 11) is 0. The number of amidine groups is 1. The number of hydrogen-bond donors (Lipinski definition) is 0. The monoisotopic (exact) mass is 449 g/mol. The lowest BCUT2D eigenvalue weighted by atomic mass is 9.94. The number of aliphatic imine (C=N–C) groups is 1. The van der Waals surface area contributed by atoms with E-state index < -0.39 is 0 Å². The Morgan fingerprint density at radius 2 is 1.79 bits per heavy atom. The third-order valence-electron chi connectivity index (χ3n) is 5.01. The number of hydrazone groups is 1. The van der Waals surface area contributed by atoms with Crippen LogP contribution in [0.5, 0.6) is 0 Å². The lowest BCUT2D eigenvalue weighted by Crippen LogP contribution is -2.24. The van der Waals surface area contributed by atoms with Gasteiger partial charge in [-0.2, -0.15) is 10.1 Å².